The molecule has 0 radical (unpaired) electrons. The Morgan fingerprint density at radius 1 is 1.35 bits per heavy atom. The number of likely N-dealkylation sites (N-methyl/N-ethyl adjacent to an activating group) is 1. The second kappa shape index (κ2) is 6.40. The van der Waals surface area contributed by atoms with Gasteiger partial charge in [0, 0.05) is 33.4 Å². The predicted octanol–water partition coefficient (Wildman–Crippen LogP) is 3.64. The molecule has 1 heterocycles. The Morgan fingerprint density at radius 2 is 2.05 bits per heavy atom. The maximum absolute atomic E-state index is 6.27. The van der Waals surface area contributed by atoms with Gasteiger partial charge >= 0.3 is 0 Å². The molecule has 0 saturated carbocycles. The second-order valence-corrected chi connectivity index (χ2v) is 5.87. The molecule has 1 N–H and O–H groups in total. The SMILES string of the molecule is CCC1=C(N(C)C)C(Nc2ccccc2Cl)CCN1C. The van der Waals surface area contributed by atoms with Crippen LogP contribution in [0.4, 0.5) is 5.69 Å². The number of nitrogens with one attached hydrogen (secondary N) is 1. The Bertz CT molecular complexity index is 496. The molecule has 1 aliphatic rings. The van der Waals surface area contributed by atoms with Gasteiger partial charge in [-0.15, -0.1) is 0 Å². The number of para-hydroxylation sites is 1. The first-order valence-corrected chi connectivity index (χ1v) is 7.55. The topological polar surface area (TPSA) is 18.5 Å². The van der Waals surface area contributed by atoms with E-state index in [-0.39, 0.29) is 0 Å². The van der Waals surface area contributed by atoms with Crippen molar-refractivity contribution in [2.45, 2.75) is 25.8 Å². The van der Waals surface area contributed by atoms with Gasteiger partial charge in [-0.25, -0.2) is 0 Å². The lowest BCUT2D eigenvalue weighted by Gasteiger charge is -2.39. The molecule has 4 heteroatoms. The maximum atomic E-state index is 6.27. The van der Waals surface area contributed by atoms with Crippen LogP contribution in [0, 0.1) is 0 Å². The molecule has 1 aromatic carbocycles. The molecule has 0 fully saturated rings. The van der Waals surface area contributed by atoms with Crippen molar-refractivity contribution in [2.75, 3.05) is 33.0 Å². The molecule has 0 amide bonds. The first kappa shape index (κ1) is 15.0. The van der Waals surface area contributed by atoms with Crippen molar-refractivity contribution in [3.8, 4) is 0 Å². The summed E-state index contributed by atoms with van der Waals surface area (Å²) >= 11 is 6.27. The molecule has 0 aliphatic carbocycles. The molecule has 0 saturated heterocycles. The summed E-state index contributed by atoms with van der Waals surface area (Å²) in [6, 6.07) is 8.26. The zero-order valence-corrected chi connectivity index (χ0v) is 13.5. The number of rotatable bonds is 4. The molecular weight excluding hydrogens is 270 g/mol. The van der Waals surface area contributed by atoms with Crippen molar-refractivity contribution in [3.05, 3.63) is 40.7 Å². The lowest BCUT2D eigenvalue weighted by atomic mass is 10.00. The van der Waals surface area contributed by atoms with Crippen LogP contribution in [-0.4, -0.2) is 43.5 Å². The molecule has 1 aromatic rings. The normalized spacial score (nSPS) is 19.2. The zero-order chi connectivity index (χ0) is 14.7. The molecule has 110 valence electrons. The highest BCUT2D eigenvalue weighted by Crippen LogP contribution is 2.30. The van der Waals surface area contributed by atoms with E-state index in [4.69, 9.17) is 11.6 Å². The zero-order valence-electron chi connectivity index (χ0n) is 12.8. The molecule has 2 rings (SSSR count). The minimum Gasteiger partial charge on any atom is -0.378 e. The largest absolute Gasteiger partial charge is 0.378 e. The second-order valence-electron chi connectivity index (χ2n) is 5.47. The number of hydrogen-bond donors (Lipinski definition) is 1. The Balaban J connectivity index is 2.31. The average molecular weight is 294 g/mol. The number of halogens is 1. The van der Waals surface area contributed by atoms with Crippen molar-refractivity contribution < 1.29 is 0 Å². The average Bonchev–Trinajstić information content (AvgIpc) is 2.42. The van der Waals surface area contributed by atoms with Crippen LogP contribution in [0.25, 0.3) is 0 Å². The van der Waals surface area contributed by atoms with Crippen LogP contribution in [0.15, 0.2) is 35.7 Å². The first-order valence-electron chi connectivity index (χ1n) is 7.17. The van der Waals surface area contributed by atoms with Crippen LogP contribution in [0.2, 0.25) is 5.02 Å². The van der Waals surface area contributed by atoms with E-state index in [0.29, 0.717) is 6.04 Å². The third kappa shape index (κ3) is 3.04. The highest BCUT2D eigenvalue weighted by atomic mass is 35.5. The summed E-state index contributed by atoms with van der Waals surface area (Å²) in [6.07, 6.45) is 2.13. The van der Waals surface area contributed by atoms with E-state index >= 15 is 0 Å². The number of anilines is 1. The highest BCUT2D eigenvalue weighted by Gasteiger charge is 2.26. The third-order valence-electron chi connectivity index (χ3n) is 3.86. The maximum Gasteiger partial charge on any atom is 0.0696 e. The van der Waals surface area contributed by atoms with E-state index in [1.165, 1.54) is 11.4 Å². The van der Waals surface area contributed by atoms with Crippen LogP contribution < -0.4 is 5.32 Å². The van der Waals surface area contributed by atoms with Gasteiger partial charge in [0.25, 0.3) is 0 Å². The van der Waals surface area contributed by atoms with Crippen molar-refractivity contribution in [1.82, 2.24) is 9.80 Å². The van der Waals surface area contributed by atoms with Gasteiger partial charge in [0.2, 0.25) is 0 Å². The molecule has 1 aliphatic heterocycles. The van der Waals surface area contributed by atoms with Crippen molar-refractivity contribution in [2.24, 2.45) is 0 Å². The molecule has 1 atom stereocenters. The van der Waals surface area contributed by atoms with Crippen molar-refractivity contribution >= 4 is 17.3 Å². The summed E-state index contributed by atoms with van der Waals surface area (Å²) in [7, 11) is 6.41. The summed E-state index contributed by atoms with van der Waals surface area (Å²) in [5.74, 6) is 0. The molecule has 3 nitrogen and oxygen atoms in total. The molecule has 0 aromatic heterocycles. The van der Waals surface area contributed by atoms with Crippen molar-refractivity contribution in [1.29, 1.82) is 0 Å². The fraction of sp³-hybridized carbons (Fsp3) is 0.500. The van der Waals surface area contributed by atoms with E-state index in [2.05, 4.69) is 43.2 Å². The molecule has 1 unspecified atom stereocenters. The van der Waals surface area contributed by atoms with Crippen LogP contribution >= 0.6 is 11.6 Å². The van der Waals surface area contributed by atoms with E-state index < -0.39 is 0 Å². The summed E-state index contributed by atoms with van der Waals surface area (Å²) in [4.78, 5) is 4.59. The highest BCUT2D eigenvalue weighted by molar-refractivity contribution is 6.33. The van der Waals surface area contributed by atoms with Gasteiger partial charge in [0.15, 0.2) is 0 Å². The lowest BCUT2D eigenvalue weighted by molar-refractivity contribution is 0.310. The first-order chi connectivity index (χ1) is 9.54. The Hall–Kier alpha value is -1.35. The van der Waals surface area contributed by atoms with Gasteiger partial charge in [-0.1, -0.05) is 30.7 Å². The standard InChI is InChI=1S/C16H24ClN3/c1-5-15-16(19(2)3)14(10-11-20(15)4)18-13-9-7-6-8-12(13)17/h6-9,14,18H,5,10-11H2,1-4H3. The smallest absolute Gasteiger partial charge is 0.0696 e. The van der Waals surface area contributed by atoms with Crippen LogP contribution in [-0.2, 0) is 0 Å². The number of hydrogen-bond acceptors (Lipinski definition) is 3. The van der Waals surface area contributed by atoms with Gasteiger partial charge in [0.05, 0.1) is 22.4 Å². The van der Waals surface area contributed by atoms with Gasteiger partial charge in [-0.2, -0.15) is 0 Å². The number of nitrogens with zero attached hydrogens (tertiary/aromatic N) is 2. The van der Waals surface area contributed by atoms with Gasteiger partial charge < -0.3 is 15.1 Å². The van der Waals surface area contributed by atoms with E-state index in [9.17, 15) is 0 Å². The number of benzene rings is 1. The Labute approximate surface area is 127 Å². The fourth-order valence-corrected chi connectivity index (χ4v) is 3.11. The van der Waals surface area contributed by atoms with Gasteiger partial charge in [-0.05, 0) is 25.0 Å². The van der Waals surface area contributed by atoms with E-state index in [1.807, 2.05) is 24.3 Å². The molecule has 0 spiro atoms. The molecular formula is C16H24ClN3. The minimum absolute atomic E-state index is 0.316. The van der Waals surface area contributed by atoms with E-state index in [1.54, 1.807) is 0 Å². The Kier molecular flexibility index (Phi) is 4.81. The third-order valence-corrected chi connectivity index (χ3v) is 4.19. The van der Waals surface area contributed by atoms with Crippen LogP contribution in [0.5, 0.6) is 0 Å². The fourth-order valence-electron chi connectivity index (χ4n) is 2.92. The van der Waals surface area contributed by atoms with Gasteiger partial charge in [-0.3, -0.25) is 0 Å². The summed E-state index contributed by atoms with van der Waals surface area (Å²) in [5.41, 5.74) is 3.78. The van der Waals surface area contributed by atoms with Gasteiger partial charge in [0.1, 0.15) is 0 Å². The van der Waals surface area contributed by atoms with E-state index in [0.717, 1.165) is 30.1 Å². The Morgan fingerprint density at radius 3 is 2.65 bits per heavy atom. The lowest BCUT2D eigenvalue weighted by Crippen LogP contribution is -2.41. The summed E-state index contributed by atoms with van der Waals surface area (Å²) in [6.45, 7) is 3.29. The quantitative estimate of drug-likeness (QED) is 0.914. The monoisotopic (exact) mass is 293 g/mol. The van der Waals surface area contributed by atoms with Crippen LogP contribution in [0.3, 0.4) is 0 Å². The molecule has 20 heavy (non-hydrogen) atoms. The number of allylic oxidation sites excluding steroid dienone is 1. The summed E-state index contributed by atoms with van der Waals surface area (Å²) in [5, 5.41) is 4.39. The van der Waals surface area contributed by atoms with Crippen LogP contribution in [0.1, 0.15) is 19.8 Å². The van der Waals surface area contributed by atoms with Crippen molar-refractivity contribution in [3.63, 3.8) is 0 Å². The predicted molar refractivity (Wildman–Crippen MR) is 87.1 cm³/mol. The molecule has 0 bridgehead atoms. The summed E-state index contributed by atoms with van der Waals surface area (Å²) < 4.78 is 0. The minimum atomic E-state index is 0.316.